The molecule has 2 aromatic rings. The van der Waals surface area contributed by atoms with Gasteiger partial charge < -0.3 is 20.1 Å². The van der Waals surface area contributed by atoms with E-state index in [4.69, 9.17) is 21.7 Å². The molecule has 0 saturated carbocycles. The number of anilines is 2. The zero-order chi connectivity index (χ0) is 15.9. The second-order valence-corrected chi connectivity index (χ2v) is 5.61. The van der Waals surface area contributed by atoms with Crippen molar-refractivity contribution in [3.05, 3.63) is 42.5 Å². The monoisotopic (exact) mass is 334 g/mol. The minimum atomic E-state index is 0.522. The van der Waals surface area contributed by atoms with Crippen LogP contribution in [0.4, 0.5) is 11.4 Å². The molecule has 0 atom stereocenters. The van der Waals surface area contributed by atoms with Gasteiger partial charge in [-0.3, -0.25) is 0 Å². The summed E-state index contributed by atoms with van der Waals surface area (Å²) in [5.74, 6) is 1.33. The summed E-state index contributed by atoms with van der Waals surface area (Å²) < 4.78 is 10.5. The second kappa shape index (κ2) is 7.91. The molecule has 0 unspecified atom stereocenters. The summed E-state index contributed by atoms with van der Waals surface area (Å²) in [7, 11) is 3.21. The van der Waals surface area contributed by atoms with Gasteiger partial charge >= 0.3 is 0 Å². The fourth-order valence-corrected chi connectivity index (χ4v) is 2.73. The Morgan fingerprint density at radius 3 is 2.41 bits per heavy atom. The van der Waals surface area contributed by atoms with Gasteiger partial charge in [-0.1, -0.05) is 12.1 Å². The summed E-state index contributed by atoms with van der Waals surface area (Å²) in [6, 6.07) is 13.6. The molecular weight excluding hydrogens is 316 g/mol. The topological polar surface area (TPSA) is 42.5 Å². The Kier molecular flexibility index (Phi) is 5.91. The highest BCUT2D eigenvalue weighted by atomic mass is 32.2. The average Bonchev–Trinajstić information content (AvgIpc) is 2.55. The number of hydrogen-bond donors (Lipinski definition) is 2. The molecule has 0 saturated heterocycles. The van der Waals surface area contributed by atoms with Crippen LogP contribution in [-0.2, 0) is 0 Å². The third-order valence-corrected chi connectivity index (χ3v) is 4.00. The molecule has 0 spiro atoms. The largest absolute Gasteiger partial charge is 0.493 e. The molecule has 0 amide bonds. The fraction of sp³-hybridized carbons (Fsp3) is 0.188. The summed E-state index contributed by atoms with van der Waals surface area (Å²) in [5.41, 5.74) is 1.81. The summed E-state index contributed by atoms with van der Waals surface area (Å²) in [4.78, 5) is 1.14. The quantitative estimate of drug-likeness (QED) is 0.630. The third kappa shape index (κ3) is 4.05. The van der Waals surface area contributed by atoms with E-state index in [1.807, 2.05) is 48.7 Å². The van der Waals surface area contributed by atoms with Gasteiger partial charge in [0.1, 0.15) is 0 Å². The summed E-state index contributed by atoms with van der Waals surface area (Å²) in [5, 5.41) is 6.87. The normalized spacial score (nSPS) is 9.95. The third-order valence-electron chi connectivity index (χ3n) is 3.00. The molecule has 0 aliphatic carbocycles. The number of ether oxygens (including phenoxy) is 2. The van der Waals surface area contributed by atoms with E-state index >= 15 is 0 Å². The number of thiocarbonyl (C=S) groups is 1. The zero-order valence-electron chi connectivity index (χ0n) is 12.7. The van der Waals surface area contributed by atoms with Crippen molar-refractivity contribution in [1.82, 2.24) is 0 Å². The van der Waals surface area contributed by atoms with Gasteiger partial charge in [0.15, 0.2) is 16.6 Å². The lowest BCUT2D eigenvalue weighted by Crippen LogP contribution is -2.19. The summed E-state index contributed by atoms with van der Waals surface area (Å²) in [6.45, 7) is 0. The van der Waals surface area contributed by atoms with Crippen molar-refractivity contribution in [3.8, 4) is 11.5 Å². The Balaban J connectivity index is 2.09. The first-order chi connectivity index (χ1) is 10.7. The number of methoxy groups -OCH3 is 2. The summed E-state index contributed by atoms with van der Waals surface area (Å²) in [6.07, 6.45) is 2.03. The van der Waals surface area contributed by atoms with Gasteiger partial charge in [0.2, 0.25) is 0 Å². The van der Waals surface area contributed by atoms with Crippen LogP contribution in [0.3, 0.4) is 0 Å². The van der Waals surface area contributed by atoms with Gasteiger partial charge in [-0.05, 0) is 42.7 Å². The van der Waals surface area contributed by atoms with Gasteiger partial charge in [0.25, 0.3) is 0 Å². The van der Waals surface area contributed by atoms with Crippen LogP contribution >= 0.6 is 24.0 Å². The Labute approximate surface area is 140 Å². The number of para-hydroxylation sites is 1. The lowest BCUT2D eigenvalue weighted by Gasteiger charge is -2.14. The Hall–Kier alpha value is -1.92. The molecule has 0 aromatic heterocycles. The highest BCUT2D eigenvalue weighted by Gasteiger charge is 2.07. The highest BCUT2D eigenvalue weighted by Crippen LogP contribution is 2.30. The number of thioether (sulfide) groups is 1. The van der Waals surface area contributed by atoms with E-state index in [-0.39, 0.29) is 0 Å². The first kappa shape index (κ1) is 16.5. The van der Waals surface area contributed by atoms with Crippen LogP contribution < -0.4 is 20.1 Å². The maximum atomic E-state index is 5.36. The molecule has 2 N–H and O–H groups in total. The maximum Gasteiger partial charge on any atom is 0.175 e. The second-order valence-electron chi connectivity index (χ2n) is 4.35. The van der Waals surface area contributed by atoms with Crippen molar-refractivity contribution >= 4 is 40.5 Å². The number of rotatable bonds is 5. The van der Waals surface area contributed by atoms with E-state index in [0.717, 1.165) is 16.3 Å². The van der Waals surface area contributed by atoms with Crippen LogP contribution in [0.1, 0.15) is 0 Å². The van der Waals surface area contributed by atoms with Crippen molar-refractivity contribution in [3.63, 3.8) is 0 Å². The van der Waals surface area contributed by atoms with Crippen molar-refractivity contribution in [2.75, 3.05) is 31.1 Å². The predicted octanol–water partition coefficient (Wildman–Crippen LogP) is 4.23. The predicted molar refractivity (Wildman–Crippen MR) is 97.6 cm³/mol. The van der Waals surface area contributed by atoms with Crippen LogP contribution in [-0.4, -0.2) is 25.6 Å². The molecule has 116 valence electrons. The van der Waals surface area contributed by atoms with Crippen LogP contribution in [0.5, 0.6) is 11.5 Å². The van der Waals surface area contributed by atoms with Gasteiger partial charge in [0, 0.05) is 16.6 Å². The first-order valence-corrected chi connectivity index (χ1v) is 8.24. The van der Waals surface area contributed by atoms with Crippen LogP contribution in [0.15, 0.2) is 47.4 Å². The van der Waals surface area contributed by atoms with Crippen molar-refractivity contribution in [2.24, 2.45) is 0 Å². The maximum absolute atomic E-state index is 5.36. The van der Waals surface area contributed by atoms with Gasteiger partial charge in [-0.25, -0.2) is 0 Å². The van der Waals surface area contributed by atoms with Crippen LogP contribution in [0.2, 0.25) is 0 Å². The van der Waals surface area contributed by atoms with E-state index in [1.54, 1.807) is 26.0 Å². The lowest BCUT2D eigenvalue weighted by molar-refractivity contribution is 0.355. The molecular formula is C16H18N2O2S2. The number of hydrogen-bond acceptors (Lipinski definition) is 4. The molecule has 6 heteroatoms. The van der Waals surface area contributed by atoms with Crippen molar-refractivity contribution in [2.45, 2.75) is 4.90 Å². The van der Waals surface area contributed by atoms with E-state index in [2.05, 4.69) is 10.6 Å². The summed E-state index contributed by atoms with van der Waals surface area (Å²) >= 11 is 7.03. The van der Waals surface area contributed by atoms with Gasteiger partial charge in [-0.15, -0.1) is 11.8 Å². The molecule has 2 rings (SSSR count). The molecule has 0 radical (unpaired) electrons. The molecule has 0 bridgehead atoms. The van der Waals surface area contributed by atoms with E-state index in [0.29, 0.717) is 16.6 Å². The Morgan fingerprint density at radius 2 is 1.73 bits per heavy atom. The lowest BCUT2D eigenvalue weighted by atomic mass is 10.2. The Morgan fingerprint density at radius 1 is 1.00 bits per heavy atom. The van der Waals surface area contributed by atoms with E-state index in [9.17, 15) is 0 Å². The fourth-order valence-electron chi connectivity index (χ4n) is 1.95. The highest BCUT2D eigenvalue weighted by molar-refractivity contribution is 7.98. The van der Waals surface area contributed by atoms with Crippen molar-refractivity contribution in [1.29, 1.82) is 0 Å². The van der Waals surface area contributed by atoms with Gasteiger partial charge in [-0.2, -0.15) is 0 Å². The molecule has 0 heterocycles. The number of nitrogens with one attached hydrogen (secondary N) is 2. The van der Waals surface area contributed by atoms with E-state index < -0.39 is 0 Å². The Bertz CT molecular complexity index is 662. The van der Waals surface area contributed by atoms with Gasteiger partial charge in [0.05, 0.1) is 19.9 Å². The van der Waals surface area contributed by atoms with Crippen LogP contribution in [0, 0.1) is 0 Å². The smallest absolute Gasteiger partial charge is 0.175 e. The molecule has 0 fully saturated rings. The minimum absolute atomic E-state index is 0.522. The molecule has 22 heavy (non-hydrogen) atoms. The molecule has 0 aliphatic heterocycles. The molecule has 4 nitrogen and oxygen atoms in total. The average molecular weight is 334 g/mol. The zero-order valence-corrected chi connectivity index (χ0v) is 14.3. The van der Waals surface area contributed by atoms with Crippen LogP contribution in [0.25, 0.3) is 0 Å². The first-order valence-electron chi connectivity index (χ1n) is 6.61. The van der Waals surface area contributed by atoms with Crippen molar-refractivity contribution < 1.29 is 9.47 Å². The molecule has 2 aromatic carbocycles. The molecule has 0 aliphatic rings. The SMILES string of the molecule is COc1ccc(NC(=S)Nc2ccccc2SC)cc1OC. The van der Waals surface area contributed by atoms with E-state index in [1.165, 1.54) is 0 Å². The standard InChI is InChI=1S/C16H18N2O2S2/c1-19-13-9-8-11(10-14(13)20-2)17-16(21)18-12-6-4-5-7-15(12)22-3/h4-10H,1-3H3,(H2,17,18,21). The minimum Gasteiger partial charge on any atom is -0.493 e. The number of benzene rings is 2.